The molecular weight excluding hydrogens is 238 g/mol. The molecule has 0 radical (unpaired) electrons. The van der Waals surface area contributed by atoms with E-state index in [-0.39, 0.29) is 0 Å². The van der Waals surface area contributed by atoms with Crippen LogP contribution in [0.2, 0.25) is 0 Å². The molecule has 0 saturated heterocycles. The third kappa shape index (κ3) is 2.82. The van der Waals surface area contributed by atoms with Crippen molar-refractivity contribution in [3.05, 3.63) is 46.3 Å². The quantitative estimate of drug-likeness (QED) is 0.860. The van der Waals surface area contributed by atoms with Gasteiger partial charge < -0.3 is 5.73 Å². The summed E-state index contributed by atoms with van der Waals surface area (Å²) in [5, 5.41) is 0. The van der Waals surface area contributed by atoms with Gasteiger partial charge >= 0.3 is 0 Å². The van der Waals surface area contributed by atoms with E-state index < -0.39 is 0 Å². The van der Waals surface area contributed by atoms with Crippen LogP contribution in [-0.4, -0.2) is 6.54 Å². The Bertz CT molecular complexity index is 528. The normalized spacial score (nSPS) is 12.7. The molecule has 0 aliphatic rings. The van der Waals surface area contributed by atoms with E-state index in [1.165, 1.54) is 26.4 Å². The minimum absolute atomic E-state index is 0.570. The van der Waals surface area contributed by atoms with E-state index in [4.69, 9.17) is 5.73 Å². The number of aryl methyl sites for hydroxylation is 2. The van der Waals surface area contributed by atoms with Crippen LogP contribution >= 0.6 is 11.3 Å². The summed E-state index contributed by atoms with van der Waals surface area (Å²) < 4.78 is 0. The van der Waals surface area contributed by atoms with Crippen LogP contribution in [0.5, 0.6) is 0 Å². The van der Waals surface area contributed by atoms with Crippen molar-refractivity contribution in [3.8, 4) is 10.4 Å². The zero-order chi connectivity index (χ0) is 13.1. The topological polar surface area (TPSA) is 26.0 Å². The average Bonchev–Trinajstić information content (AvgIpc) is 2.82. The molecule has 0 amide bonds. The minimum atomic E-state index is 0.570. The van der Waals surface area contributed by atoms with Crippen LogP contribution in [-0.2, 0) is 0 Å². The fraction of sp³-hybridized carbons (Fsp3) is 0.375. The van der Waals surface area contributed by atoms with Gasteiger partial charge in [0.15, 0.2) is 0 Å². The summed E-state index contributed by atoms with van der Waals surface area (Å²) in [7, 11) is 0. The Kier molecular flexibility index (Phi) is 4.20. The largest absolute Gasteiger partial charge is 0.330 e. The molecule has 0 bridgehead atoms. The molecule has 1 heterocycles. The Morgan fingerprint density at radius 1 is 1.11 bits per heavy atom. The third-order valence-corrected chi connectivity index (χ3v) is 4.87. The van der Waals surface area contributed by atoms with Crippen LogP contribution in [0.3, 0.4) is 0 Å². The van der Waals surface area contributed by atoms with Crippen molar-refractivity contribution >= 4 is 11.3 Å². The van der Waals surface area contributed by atoms with E-state index >= 15 is 0 Å². The standard InChI is InChI=1S/C16H21NS/c1-11-4-5-14(10-13(11)3)16-7-6-15(18-16)12(2)8-9-17/h4-7,10,12H,8-9,17H2,1-3H3. The third-order valence-electron chi connectivity index (χ3n) is 3.50. The summed E-state index contributed by atoms with van der Waals surface area (Å²) in [6.45, 7) is 7.34. The lowest BCUT2D eigenvalue weighted by Crippen LogP contribution is -2.03. The van der Waals surface area contributed by atoms with E-state index in [9.17, 15) is 0 Å². The van der Waals surface area contributed by atoms with Gasteiger partial charge in [0.1, 0.15) is 0 Å². The van der Waals surface area contributed by atoms with Gasteiger partial charge in [0.05, 0.1) is 0 Å². The Balaban J connectivity index is 2.26. The van der Waals surface area contributed by atoms with Gasteiger partial charge in [-0.05, 0) is 61.6 Å². The maximum Gasteiger partial charge on any atom is 0.0345 e. The second-order valence-corrected chi connectivity index (χ2v) is 6.09. The molecule has 1 atom stereocenters. The molecule has 0 fully saturated rings. The smallest absolute Gasteiger partial charge is 0.0345 e. The Morgan fingerprint density at radius 3 is 2.56 bits per heavy atom. The summed E-state index contributed by atoms with van der Waals surface area (Å²) in [6.07, 6.45) is 1.06. The molecule has 1 aromatic carbocycles. The second kappa shape index (κ2) is 5.68. The molecule has 1 unspecified atom stereocenters. The number of nitrogens with two attached hydrogens (primary N) is 1. The van der Waals surface area contributed by atoms with Crippen molar-refractivity contribution in [2.24, 2.45) is 5.73 Å². The fourth-order valence-electron chi connectivity index (χ4n) is 2.06. The van der Waals surface area contributed by atoms with Crippen LogP contribution in [0.15, 0.2) is 30.3 Å². The first-order valence-electron chi connectivity index (χ1n) is 6.49. The van der Waals surface area contributed by atoms with E-state index in [1.54, 1.807) is 0 Å². The van der Waals surface area contributed by atoms with Gasteiger partial charge in [-0.1, -0.05) is 25.1 Å². The number of benzene rings is 1. The maximum atomic E-state index is 5.63. The monoisotopic (exact) mass is 259 g/mol. The molecule has 18 heavy (non-hydrogen) atoms. The first kappa shape index (κ1) is 13.3. The van der Waals surface area contributed by atoms with E-state index in [0.717, 1.165) is 13.0 Å². The predicted molar refractivity (Wildman–Crippen MR) is 81.3 cm³/mol. The molecule has 2 heteroatoms. The molecule has 0 aliphatic heterocycles. The average molecular weight is 259 g/mol. The van der Waals surface area contributed by atoms with Crippen LogP contribution in [0, 0.1) is 13.8 Å². The Hall–Kier alpha value is -1.12. The SMILES string of the molecule is Cc1ccc(-c2ccc(C(C)CCN)s2)cc1C. The summed E-state index contributed by atoms with van der Waals surface area (Å²) in [5.74, 6) is 0.570. The lowest BCUT2D eigenvalue weighted by atomic mass is 10.0. The molecule has 0 saturated carbocycles. The van der Waals surface area contributed by atoms with Gasteiger partial charge in [0, 0.05) is 9.75 Å². The van der Waals surface area contributed by atoms with Gasteiger partial charge in [-0.25, -0.2) is 0 Å². The molecule has 2 N–H and O–H groups in total. The lowest BCUT2D eigenvalue weighted by molar-refractivity contribution is 0.701. The van der Waals surface area contributed by atoms with Crippen molar-refractivity contribution < 1.29 is 0 Å². The summed E-state index contributed by atoms with van der Waals surface area (Å²) >= 11 is 1.89. The van der Waals surface area contributed by atoms with Gasteiger partial charge in [0.25, 0.3) is 0 Å². The van der Waals surface area contributed by atoms with Crippen molar-refractivity contribution in [2.45, 2.75) is 33.1 Å². The van der Waals surface area contributed by atoms with Crippen LogP contribution in [0.1, 0.15) is 35.3 Å². The highest BCUT2D eigenvalue weighted by Crippen LogP contribution is 2.33. The van der Waals surface area contributed by atoms with E-state index in [1.807, 2.05) is 11.3 Å². The molecule has 1 aromatic heterocycles. The first-order chi connectivity index (χ1) is 8.61. The lowest BCUT2D eigenvalue weighted by Gasteiger charge is -2.06. The zero-order valence-corrected chi connectivity index (χ0v) is 12.2. The van der Waals surface area contributed by atoms with Crippen molar-refractivity contribution in [3.63, 3.8) is 0 Å². The number of thiophene rings is 1. The first-order valence-corrected chi connectivity index (χ1v) is 7.31. The highest BCUT2D eigenvalue weighted by atomic mass is 32.1. The highest BCUT2D eigenvalue weighted by Gasteiger charge is 2.09. The summed E-state index contributed by atoms with van der Waals surface area (Å²) in [4.78, 5) is 2.80. The van der Waals surface area contributed by atoms with Gasteiger partial charge in [-0.15, -0.1) is 11.3 Å². The summed E-state index contributed by atoms with van der Waals surface area (Å²) in [6, 6.07) is 11.2. The Labute approximate surface area is 114 Å². The number of hydrogen-bond donors (Lipinski definition) is 1. The molecule has 2 rings (SSSR count). The molecule has 2 aromatic rings. The van der Waals surface area contributed by atoms with Crippen LogP contribution in [0.25, 0.3) is 10.4 Å². The highest BCUT2D eigenvalue weighted by molar-refractivity contribution is 7.15. The number of rotatable bonds is 4. The second-order valence-electron chi connectivity index (χ2n) is 4.98. The van der Waals surface area contributed by atoms with Crippen LogP contribution in [0.4, 0.5) is 0 Å². The molecule has 0 spiro atoms. The molecule has 96 valence electrons. The molecule has 0 aliphatic carbocycles. The summed E-state index contributed by atoms with van der Waals surface area (Å²) in [5.41, 5.74) is 9.67. The van der Waals surface area contributed by atoms with Crippen molar-refractivity contribution in [2.75, 3.05) is 6.54 Å². The van der Waals surface area contributed by atoms with Crippen LogP contribution < -0.4 is 5.73 Å². The van der Waals surface area contributed by atoms with Crippen molar-refractivity contribution in [1.29, 1.82) is 0 Å². The molecular formula is C16H21NS. The Morgan fingerprint density at radius 2 is 1.89 bits per heavy atom. The van der Waals surface area contributed by atoms with Gasteiger partial charge in [-0.3, -0.25) is 0 Å². The van der Waals surface area contributed by atoms with Gasteiger partial charge in [-0.2, -0.15) is 0 Å². The van der Waals surface area contributed by atoms with Gasteiger partial charge in [0.2, 0.25) is 0 Å². The fourth-order valence-corrected chi connectivity index (χ4v) is 3.15. The van der Waals surface area contributed by atoms with Crippen molar-refractivity contribution in [1.82, 2.24) is 0 Å². The zero-order valence-electron chi connectivity index (χ0n) is 11.4. The minimum Gasteiger partial charge on any atom is -0.330 e. The maximum absolute atomic E-state index is 5.63. The molecule has 1 nitrogen and oxygen atoms in total. The van der Waals surface area contributed by atoms with E-state index in [2.05, 4.69) is 51.1 Å². The number of hydrogen-bond acceptors (Lipinski definition) is 2. The predicted octanol–water partition coefficient (Wildman–Crippen LogP) is 4.48. The van der Waals surface area contributed by atoms with E-state index in [0.29, 0.717) is 5.92 Å².